The van der Waals surface area contributed by atoms with Gasteiger partial charge in [-0.15, -0.1) is 0 Å². The van der Waals surface area contributed by atoms with Gasteiger partial charge in [0, 0.05) is 10.7 Å². The van der Waals surface area contributed by atoms with E-state index in [4.69, 9.17) is 16.3 Å². The highest BCUT2D eigenvalue weighted by atomic mass is 35.5. The third kappa shape index (κ3) is 3.45. The van der Waals surface area contributed by atoms with Gasteiger partial charge in [0.1, 0.15) is 6.04 Å². The number of ether oxygens (including phenoxy) is 1. The standard InChI is InChI=1S/C16H22ClNO2/c1-3-5-6-7-14-15(16(19)20-4-2)18(14)13-10-8-12(17)9-11-13/h8-11,14-15H,3-7H2,1-2H3/t14-,15-,18?/m1/s1. The van der Waals surface area contributed by atoms with Crippen LogP contribution < -0.4 is 4.90 Å². The van der Waals surface area contributed by atoms with Gasteiger partial charge in [-0.25, -0.2) is 4.79 Å². The zero-order chi connectivity index (χ0) is 14.5. The molecule has 4 heteroatoms. The van der Waals surface area contributed by atoms with Crippen molar-refractivity contribution in [3.8, 4) is 0 Å². The predicted octanol–water partition coefficient (Wildman–Crippen LogP) is 4.04. The summed E-state index contributed by atoms with van der Waals surface area (Å²) < 4.78 is 5.17. The summed E-state index contributed by atoms with van der Waals surface area (Å²) in [5, 5.41) is 0.714. The molecule has 0 amide bonds. The lowest BCUT2D eigenvalue weighted by atomic mass is 10.1. The van der Waals surface area contributed by atoms with Crippen molar-refractivity contribution in [1.82, 2.24) is 0 Å². The Hall–Kier alpha value is -1.22. The molecule has 1 aromatic carbocycles. The summed E-state index contributed by atoms with van der Waals surface area (Å²) in [7, 11) is 0. The van der Waals surface area contributed by atoms with Crippen LogP contribution in [0.5, 0.6) is 0 Å². The van der Waals surface area contributed by atoms with Gasteiger partial charge in [0.05, 0.1) is 12.6 Å². The molecule has 2 rings (SSSR count). The molecular weight excluding hydrogens is 274 g/mol. The molecular formula is C16H22ClNO2. The van der Waals surface area contributed by atoms with Gasteiger partial charge in [-0.1, -0.05) is 37.8 Å². The zero-order valence-corrected chi connectivity index (χ0v) is 12.9. The summed E-state index contributed by atoms with van der Waals surface area (Å²) >= 11 is 5.91. The Bertz CT molecular complexity index is 446. The zero-order valence-electron chi connectivity index (χ0n) is 12.1. The number of anilines is 1. The molecule has 0 bridgehead atoms. The number of unbranched alkanes of at least 4 members (excludes halogenated alkanes) is 2. The first-order valence-corrected chi connectivity index (χ1v) is 7.77. The van der Waals surface area contributed by atoms with Gasteiger partial charge in [0.25, 0.3) is 0 Å². The van der Waals surface area contributed by atoms with Gasteiger partial charge >= 0.3 is 5.97 Å². The molecule has 1 heterocycles. The van der Waals surface area contributed by atoms with E-state index in [0.717, 1.165) is 18.5 Å². The SMILES string of the molecule is CCCCC[C@@H]1[C@H](C(=O)OCC)N1c1ccc(Cl)cc1. The smallest absolute Gasteiger partial charge is 0.330 e. The Kier molecular flexibility index (Phi) is 5.30. The van der Waals surface area contributed by atoms with Crippen molar-refractivity contribution in [3.05, 3.63) is 29.3 Å². The van der Waals surface area contributed by atoms with Crippen molar-refractivity contribution in [1.29, 1.82) is 0 Å². The van der Waals surface area contributed by atoms with E-state index in [-0.39, 0.29) is 18.1 Å². The minimum Gasteiger partial charge on any atom is -0.464 e. The minimum absolute atomic E-state index is 0.107. The second kappa shape index (κ2) is 6.98. The summed E-state index contributed by atoms with van der Waals surface area (Å²) in [5.74, 6) is -0.107. The summed E-state index contributed by atoms with van der Waals surface area (Å²) in [6.07, 6.45) is 4.60. The third-order valence-corrected chi connectivity index (χ3v) is 3.94. The van der Waals surface area contributed by atoms with E-state index in [1.807, 2.05) is 31.2 Å². The van der Waals surface area contributed by atoms with Crippen LogP contribution in [0.25, 0.3) is 0 Å². The normalized spacial score (nSPS) is 20.9. The van der Waals surface area contributed by atoms with E-state index in [9.17, 15) is 4.79 Å². The first-order valence-electron chi connectivity index (χ1n) is 7.39. The van der Waals surface area contributed by atoms with Crippen molar-refractivity contribution in [3.63, 3.8) is 0 Å². The summed E-state index contributed by atoms with van der Waals surface area (Å²) in [4.78, 5) is 14.2. The second-order valence-corrected chi connectivity index (χ2v) is 5.58. The number of carbonyl (C=O) groups is 1. The molecule has 0 aliphatic carbocycles. The van der Waals surface area contributed by atoms with Gasteiger partial charge in [-0.3, -0.25) is 0 Å². The molecule has 1 saturated heterocycles. The van der Waals surface area contributed by atoms with Crippen LogP contribution in [0.3, 0.4) is 0 Å². The average Bonchev–Trinajstić information content (AvgIpc) is 3.14. The fourth-order valence-corrected chi connectivity index (χ4v) is 2.77. The maximum Gasteiger partial charge on any atom is 0.330 e. The van der Waals surface area contributed by atoms with E-state index >= 15 is 0 Å². The molecule has 0 spiro atoms. The molecule has 2 atom stereocenters. The number of halogens is 1. The highest BCUT2D eigenvalue weighted by molar-refractivity contribution is 6.30. The van der Waals surface area contributed by atoms with Crippen molar-refractivity contribution < 1.29 is 9.53 Å². The third-order valence-electron chi connectivity index (χ3n) is 3.69. The number of carbonyl (C=O) groups excluding carboxylic acids is 1. The topological polar surface area (TPSA) is 29.3 Å². The Labute approximate surface area is 125 Å². The number of rotatable bonds is 7. The lowest BCUT2D eigenvalue weighted by Crippen LogP contribution is -2.16. The summed E-state index contributed by atoms with van der Waals surface area (Å²) in [6, 6.07) is 7.82. The number of nitrogens with zero attached hydrogens (tertiary/aromatic N) is 1. The largest absolute Gasteiger partial charge is 0.464 e. The summed E-state index contributed by atoms with van der Waals surface area (Å²) in [5.41, 5.74) is 1.05. The molecule has 0 N–H and O–H groups in total. The molecule has 1 aliphatic heterocycles. The van der Waals surface area contributed by atoms with Crippen molar-refractivity contribution in [2.45, 2.75) is 51.6 Å². The molecule has 20 heavy (non-hydrogen) atoms. The Morgan fingerprint density at radius 1 is 1.25 bits per heavy atom. The molecule has 3 nitrogen and oxygen atoms in total. The highest BCUT2D eigenvalue weighted by Crippen LogP contribution is 2.39. The number of hydrogen-bond acceptors (Lipinski definition) is 3. The quantitative estimate of drug-likeness (QED) is 0.432. The first-order chi connectivity index (χ1) is 9.69. The second-order valence-electron chi connectivity index (χ2n) is 5.14. The fraction of sp³-hybridized carbons (Fsp3) is 0.562. The highest BCUT2D eigenvalue weighted by Gasteiger charge is 2.52. The van der Waals surface area contributed by atoms with Crippen LogP contribution in [-0.2, 0) is 9.53 Å². The Morgan fingerprint density at radius 3 is 2.55 bits per heavy atom. The number of hydrogen-bond donors (Lipinski definition) is 0. The molecule has 1 aromatic rings. The average molecular weight is 296 g/mol. The minimum atomic E-state index is -0.118. The number of esters is 1. The Morgan fingerprint density at radius 2 is 1.95 bits per heavy atom. The fourth-order valence-electron chi connectivity index (χ4n) is 2.64. The van der Waals surface area contributed by atoms with E-state index in [1.165, 1.54) is 12.8 Å². The van der Waals surface area contributed by atoms with Crippen LogP contribution in [0, 0.1) is 0 Å². The van der Waals surface area contributed by atoms with Gasteiger partial charge < -0.3 is 9.64 Å². The predicted molar refractivity (Wildman–Crippen MR) is 82.3 cm³/mol. The lowest BCUT2D eigenvalue weighted by molar-refractivity contribution is -0.142. The van der Waals surface area contributed by atoms with E-state index in [0.29, 0.717) is 11.6 Å². The van der Waals surface area contributed by atoms with Gasteiger partial charge in [-0.2, -0.15) is 0 Å². The molecule has 0 saturated carbocycles. The molecule has 0 aromatic heterocycles. The molecule has 110 valence electrons. The van der Waals surface area contributed by atoms with E-state index in [2.05, 4.69) is 11.8 Å². The van der Waals surface area contributed by atoms with Crippen molar-refractivity contribution in [2.24, 2.45) is 0 Å². The Balaban J connectivity index is 2.04. The molecule has 1 fully saturated rings. The van der Waals surface area contributed by atoms with Crippen LogP contribution in [0.2, 0.25) is 5.02 Å². The van der Waals surface area contributed by atoms with Crippen LogP contribution in [-0.4, -0.2) is 24.7 Å². The number of benzene rings is 1. The van der Waals surface area contributed by atoms with E-state index < -0.39 is 0 Å². The summed E-state index contributed by atoms with van der Waals surface area (Å²) in [6.45, 7) is 4.47. The van der Waals surface area contributed by atoms with Gasteiger partial charge in [0.2, 0.25) is 0 Å². The molecule has 0 radical (unpaired) electrons. The van der Waals surface area contributed by atoms with Gasteiger partial charge in [-0.05, 0) is 37.6 Å². The lowest BCUT2D eigenvalue weighted by Gasteiger charge is -2.06. The molecule has 0 unspecified atom stereocenters. The molecule has 1 aliphatic rings. The van der Waals surface area contributed by atoms with Crippen LogP contribution in [0.4, 0.5) is 5.69 Å². The van der Waals surface area contributed by atoms with Crippen molar-refractivity contribution >= 4 is 23.3 Å². The van der Waals surface area contributed by atoms with Crippen LogP contribution in [0.15, 0.2) is 24.3 Å². The van der Waals surface area contributed by atoms with E-state index in [1.54, 1.807) is 0 Å². The maximum absolute atomic E-state index is 12.0. The first kappa shape index (κ1) is 15.2. The monoisotopic (exact) mass is 295 g/mol. The van der Waals surface area contributed by atoms with Crippen LogP contribution >= 0.6 is 11.6 Å². The van der Waals surface area contributed by atoms with Crippen molar-refractivity contribution in [2.75, 3.05) is 11.5 Å². The van der Waals surface area contributed by atoms with Gasteiger partial charge in [0.15, 0.2) is 0 Å². The van der Waals surface area contributed by atoms with Crippen LogP contribution in [0.1, 0.15) is 39.5 Å². The maximum atomic E-state index is 12.0.